The van der Waals surface area contributed by atoms with E-state index in [0.717, 1.165) is 11.1 Å². The van der Waals surface area contributed by atoms with Crippen LogP contribution in [-0.4, -0.2) is 23.4 Å². The highest BCUT2D eigenvalue weighted by molar-refractivity contribution is 6.28. The standard InChI is InChI=1S/C16H14N2O4/c19-12-2-1-9(16(22)18-12)13-14(20)10-3-7-5-17-6-8(7)4-11(10)15(13)21/h3-4,9,13,17H,1-2,5-6H2,(H,18,19,22). The number of carbonyl (C=O) groups excluding carboxylic acids is 4. The van der Waals surface area contributed by atoms with Crippen molar-refractivity contribution in [1.82, 2.24) is 10.6 Å². The lowest BCUT2D eigenvalue weighted by Crippen LogP contribution is -2.46. The second kappa shape index (κ2) is 4.58. The summed E-state index contributed by atoms with van der Waals surface area (Å²) in [5.74, 6) is -3.14. The van der Waals surface area contributed by atoms with Gasteiger partial charge in [-0.3, -0.25) is 24.5 Å². The average molecular weight is 298 g/mol. The lowest BCUT2D eigenvalue weighted by atomic mass is 9.82. The summed E-state index contributed by atoms with van der Waals surface area (Å²) in [7, 11) is 0. The monoisotopic (exact) mass is 298 g/mol. The highest BCUT2D eigenvalue weighted by atomic mass is 16.2. The van der Waals surface area contributed by atoms with Gasteiger partial charge < -0.3 is 5.32 Å². The maximum absolute atomic E-state index is 12.6. The first-order valence-electron chi connectivity index (χ1n) is 7.35. The zero-order valence-corrected chi connectivity index (χ0v) is 11.8. The summed E-state index contributed by atoms with van der Waals surface area (Å²) in [4.78, 5) is 48.5. The highest BCUT2D eigenvalue weighted by Crippen LogP contribution is 2.37. The zero-order valence-electron chi connectivity index (χ0n) is 11.8. The summed E-state index contributed by atoms with van der Waals surface area (Å²) in [6.07, 6.45) is 0.423. The van der Waals surface area contributed by atoms with E-state index in [1.807, 2.05) is 0 Å². The third-order valence-corrected chi connectivity index (χ3v) is 4.75. The van der Waals surface area contributed by atoms with Gasteiger partial charge in [-0.25, -0.2) is 0 Å². The van der Waals surface area contributed by atoms with E-state index in [1.54, 1.807) is 12.1 Å². The SMILES string of the molecule is O=C1CCC(C2C(=O)c3cc4c(cc3C2=O)CNC4)C(=O)N1. The maximum Gasteiger partial charge on any atom is 0.230 e. The smallest absolute Gasteiger partial charge is 0.230 e. The first-order chi connectivity index (χ1) is 10.6. The van der Waals surface area contributed by atoms with E-state index < -0.39 is 17.7 Å². The molecule has 2 aliphatic heterocycles. The van der Waals surface area contributed by atoms with Crippen LogP contribution in [-0.2, 0) is 22.7 Å². The summed E-state index contributed by atoms with van der Waals surface area (Å²) >= 11 is 0. The van der Waals surface area contributed by atoms with Crippen LogP contribution in [0.4, 0.5) is 0 Å². The zero-order chi connectivity index (χ0) is 15.4. The van der Waals surface area contributed by atoms with Gasteiger partial charge in [-0.2, -0.15) is 0 Å². The number of amides is 2. The third-order valence-electron chi connectivity index (χ3n) is 4.75. The molecule has 0 radical (unpaired) electrons. The molecule has 0 saturated carbocycles. The van der Waals surface area contributed by atoms with Gasteiger partial charge >= 0.3 is 0 Å². The van der Waals surface area contributed by atoms with Gasteiger partial charge in [0.05, 0.1) is 11.8 Å². The molecule has 6 heteroatoms. The second-order valence-corrected chi connectivity index (χ2v) is 6.03. The van der Waals surface area contributed by atoms with Crippen LogP contribution in [0, 0.1) is 11.8 Å². The fourth-order valence-corrected chi connectivity index (χ4v) is 3.61. The molecular formula is C16H14N2O4. The Bertz CT molecular complexity index is 710. The van der Waals surface area contributed by atoms with Crippen LogP contribution in [0.3, 0.4) is 0 Å². The van der Waals surface area contributed by atoms with Crippen molar-refractivity contribution >= 4 is 23.4 Å². The Morgan fingerprint density at radius 3 is 2.05 bits per heavy atom. The van der Waals surface area contributed by atoms with Crippen molar-refractivity contribution in [2.24, 2.45) is 11.8 Å². The van der Waals surface area contributed by atoms with Crippen molar-refractivity contribution in [3.05, 3.63) is 34.4 Å². The Morgan fingerprint density at radius 1 is 0.909 bits per heavy atom. The van der Waals surface area contributed by atoms with Gasteiger partial charge in [0.1, 0.15) is 0 Å². The van der Waals surface area contributed by atoms with Crippen molar-refractivity contribution in [1.29, 1.82) is 0 Å². The van der Waals surface area contributed by atoms with Crippen LogP contribution >= 0.6 is 0 Å². The molecule has 4 rings (SSSR count). The van der Waals surface area contributed by atoms with Gasteiger partial charge in [0.15, 0.2) is 11.6 Å². The molecular weight excluding hydrogens is 284 g/mol. The molecule has 2 heterocycles. The molecule has 2 amide bonds. The number of carbonyl (C=O) groups is 4. The van der Waals surface area contributed by atoms with Crippen molar-refractivity contribution in [2.45, 2.75) is 25.9 Å². The number of rotatable bonds is 1. The van der Waals surface area contributed by atoms with Crippen LogP contribution in [0.5, 0.6) is 0 Å². The van der Waals surface area contributed by atoms with Gasteiger partial charge in [0, 0.05) is 30.6 Å². The Morgan fingerprint density at radius 2 is 1.50 bits per heavy atom. The molecule has 6 nitrogen and oxygen atoms in total. The summed E-state index contributed by atoms with van der Waals surface area (Å²) < 4.78 is 0. The molecule has 1 atom stereocenters. The topological polar surface area (TPSA) is 92.3 Å². The Hall–Kier alpha value is -2.34. The minimum absolute atomic E-state index is 0.171. The lowest BCUT2D eigenvalue weighted by Gasteiger charge is -2.23. The summed E-state index contributed by atoms with van der Waals surface area (Å²) in [6.45, 7) is 1.38. The minimum Gasteiger partial charge on any atom is -0.309 e. The fraction of sp³-hybridized carbons (Fsp3) is 0.375. The van der Waals surface area contributed by atoms with Crippen molar-refractivity contribution in [2.75, 3.05) is 0 Å². The third kappa shape index (κ3) is 1.77. The number of ketones is 2. The van der Waals surface area contributed by atoms with Gasteiger partial charge in [0.25, 0.3) is 0 Å². The van der Waals surface area contributed by atoms with E-state index in [1.165, 1.54) is 0 Å². The largest absolute Gasteiger partial charge is 0.309 e. The molecule has 0 spiro atoms. The van der Waals surface area contributed by atoms with Crippen LogP contribution in [0.25, 0.3) is 0 Å². The lowest BCUT2D eigenvalue weighted by molar-refractivity contribution is -0.137. The predicted molar refractivity (Wildman–Crippen MR) is 75.0 cm³/mol. The van der Waals surface area contributed by atoms with Crippen LogP contribution in [0.1, 0.15) is 44.7 Å². The van der Waals surface area contributed by atoms with Crippen LogP contribution in [0.15, 0.2) is 12.1 Å². The van der Waals surface area contributed by atoms with Gasteiger partial charge in [-0.1, -0.05) is 0 Å². The van der Waals surface area contributed by atoms with Gasteiger partial charge in [-0.05, 0) is 29.7 Å². The summed E-state index contributed by atoms with van der Waals surface area (Å²) in [5, 5.41) is 5.41. The molecule has 1 aliphatic carbocycles. The van der Waals surface area contributed by atoms with Crippen LogP contribution in [0.2, 0.25) is 0 Å². The van der Waals surface area contributed by atoms with Crippen molar-refractivity contribution in [3.8, 4) is 0 Å². The predicted octanol–water partition coefficient (Wildman–Crippen LogP) is 0.338. The molecule has 1 aromatic carbocycles. The molecule has 0 aromatic heterocycles. The summed E-state index contributed by atoms with van der Waals surface area (Å²) in [6, 6.07) is 3.55. The average Bonchev–Trinajstić information content (AvgIpc) is 3.03. The highest BCUT2D eigenvalue weighted by Gasteiger charge is 2.47. The van der Waals surface area contributed by atoms with E-state index >= 15 is 0 Å². The molecule has 0 bridgehead atoms. The molecule has 2 N–H and O–H groups in total. The van der Waals surface area contributed by atoms with Crippen LogP contribution < -0.4 is 10.6 Å². The number of hydrogen-bond acceptors (Lipinski definition) is 5. The molecule has 3 aliphatic rings. The van der Waals surface area contributed by atoms with E-state index in [4.69, 9.17) is 0 Å². The number of fused-ring (bicyclic) bond motifs is 2. The number of hydrogen-bond donors (Lipinski definition) is 2. The number of benzene rings is 1. The number of imide groups is 1. The Labute approximate surface area is 126 Å². The number of Topliss-reactive ketones (excluding diaryl/α,β-unsaturated/α-hetero) is 2. The van der Waals surface area contributed by atoms with E-state index in [-0.39, 0.29) is 30.3 Å². The van der Waals surface area contributed by atoms with E-state index in [0.29, 0.717) is 24.2 Å². The van der Waals surface area contributed by atoms with Gasteiger partial charge in [0.2, 0.25) is 11.8 Å². The number of nitrogens with one attached hydrogen (secondary N) is 2. The first kappa shape index (κ1) is 13.3. The normalized spacial score (nSPS) is 24.5. The molecule has 1 fully saturated rings. The molecule has 22 heavy (non-hydrogen) atoms. The Balaban J connectivity index is 1.72. The van der Waals surface area contributed by atoms with Gasteiger partial charge in [-0.15, -0.1) is 0 Å². The van der Waals surface area contributed by atoms with Crippen molar-refractivity contribution in [3.63, 3.8) is 0 Å². The van der Waals surface area contributed by atoms with Crippen molar-refractivity contribution < 1.29 is 19.2 Å². The quantitative estimate of drug-likeness (QED) is 0.576. The second-order valence-electron chi connectivity index (χ2n) is 6.03. The first-order valence-corrected chi connectivity index (χ1v) is 7.35. The summed E-state index contributed by atoms with van der Waals surface area (Å²) in [5.41, 5.74) is 2.90. The number of piperidine rings is 1. The Kier molecular flexibility index (Phi) is 2.77. The molecule has 1 aromatic rings. The fourth-order valence-electron chi connectivity index (χ4n) is 3.61. The van der Waals surface area contributed by atoms with E-state index in [9.17, 15) is 19.2 Å². The maximum atomic E-state index is 12.6. The molecule has 1 saturated heterocycles. The molecule has 1 unspecified atom stereocenters. The van der Waals surface area contributed by atoms with E-state index in [2.05, 4.69) is 10.6 Å². The minimum atomic E-state index is -0.974. The molecule has 112 valence electrons.